The Bertz CT molecular complexity index is 948. The number of fused-ring (bicyclic) bond motifs is 1. The summed E-state index contributed by atoms with van der Waals surface area (Å²) in [6, 6.07) is 5.71. The van der Waals surface area contributed by atoms with Crippen molar-refractivity contribution in [2.75, 3.05) is 32.7 Å². The minimum Gasteiger partial charge on any atom is -0.325 e. The van der Waals surface area contributed by atoms with E-state index >= 15 is 0 Å². The molecule has 0 aromatic carbocycles. The summed E-state index contributed by atoms with van der Waals surface area (Å²) < 4.78 is 0. The first kappa shape index (κ1) is 20.8. The molecule has 4 heterocycles. The SMILES string of the molecule is N=C/C(=C\[NH2+]CC1CCN(C(=O)N2CCCC2)CC1)c1cnc2ccc(Cl)nc2c1. The van der Waals surface area contributed by atoms with Crippen molar-refractivity contribution in [3.63, 3.8) is 0 Å². The summed E-state index contributed by atoms with van der Waals surface area (Å²) in [6.45, 7) is 4.46. The number of nitrogens with zero attached hydrogens (tertiary/aromatic N) is 4. The van der Waals surface area contributed by atoms with Gasteiger partial charge >= 0.3 is 6.03 Å². The Balaban J connectivity index is 1.31. The molecule has 2 aliphatic heterocycles. The van der Waals surface area contributed by atoms with Crippen LogP contribution in [0.4, 0.5) is 4.79 Å². The van der Waals surface area contributed by atoms with E-state index in [0.717, 1.165) is 80.6 Å². The van der Waals surface area contributed by atoms with Crippen molar-refractivity contribution in [3.05, 3.63) is 41.3 Å². The van der Waals surface area contributed by atoms with Gasteiger partial charge in [-0.15, -0.1) is 0 Å². The van der Waals surface area contributed by atoms with Gasteiger partial charge in [0.1, 0.15) is 11.4 Å². The summed E-state index contributed by atoms with van der Waals surface area (Å²) >= 11 is 5.99. The molecule has 30 heavy (non-hydrogen) atoms. The van der Waals surface area contributed by atoms with Gasteiger partial charge in [0.25, 0.3) is 0 Å². The van der Waals surface area contributed by atoms with Crippen LogP contribution in [0.15, 0.2) is 30.6 Å². The molecule has 0 spiro atoms. The highest BCUT2D eigenvalue weighted by atomic mass is 35.5. The maximum Gasteiger partial charge on any atom is 0.319 e. The second kappa shape index (κ2) is 9.53. The van der Waals surface area contributed by atoms with Gasteiger partial charge in [-0.2, -0.15) is 0 Å². The number of rotatable bonds is 5. The van der Waals surface area contributed by atoms with Gasteiger partial charge in [-0.3, -0.25) is 4.98 Å². The Kier molecular flexibility index (Phi) is 6.59. The van der Waals surface area contributed by atoms with Crippen LogP contribution in [-0.4, -0.2) is 64.7 Å². The van der Waals surface area contributed by atoms with Crippen LogP contribution >= 0.6 is 11.6 Å². The van der Waals surface area contributed by atoms with Gasteiger partial charge in [0.05, 0.1) is 23.2 Å². The lowest BCUT2D eigenvalue weighted by atomic mass is 9.97. The van der Waals surface area contributed by atoms with Crippen LogP contribution in [-0.2, 0) is 0 Å². The Morgan fingerprint density at radius 1 is 1.17 bits per heavy atom. The van der Waals surface area contributed by atoms with Crippen LogP contribution in [0.5, 0.6) is 0 Å². The monoisotopic (exact) mass is 427 g/mol. The molecule has 0 radical (unpaired) electrons. The molecule has 0 saturated carbocycles. The van der Waals surface area contributed by atoms with E-state index in [1.165, 1.54) is 6.21 Å². The molecule has 2 aliphatic rings. The molecule has 158 valence electrons. The van der Waals surface area contributed by atoms with Crippen molar-refractivity contribution in [1.29, 1.82) is 5.41 Å². The molecule has 0 bridgehead atoms. The van der Waals surface area contributed by atoms with Crippen LogP contribution in [0.2, 0.25) is 5.15 Å². The zero-order valence-corrected chi connectivity index (χ0v) is 17.8. The largest absolute Gasteiger partial charge is 0.325 e. The fraction of sp³-hybridized carbons (Fsp3) is 0.455. The first-order valence-corrected chi connectivity index (χ1v) is 11.0. The van der Waals surface area contributed by atoms with Crippen molar-refractivity contribution in [2.45, 2.75) is 25.7 Å². The number of allylic oxidation sites excluding steroid dienone is 1. The third-order valence-corrected chi connectivity index (χ3v) is 6.23. The highest BCUT2D eigenvalue weighted by Crippen LogP contribution is 2.20. The van der Waals surface area contributed by atoms with Gasteiger partial charge < -0.3 is 20.5 Å². The summed E-state index contributed by atoms with van der Waals surface area (Å²) in [5, 5.41) is 10.4. The van der Waals surface area contributed by atoms with E-state index in [4.69, 9.17) is 17.0 Å². The van der Waals surface area contributed by atoms with Crippen LogP contribution in [0.3, 0.4) is 0 Å². The summed E-state index contributed by atoms with van der Waals surface area (Å²) in [7, 11) is 0. The van der Waals surface area contributed by atoms with Crippen molar-refractivity contribution < 1.29 is 10.1 Å². The molecule has 2 saturated heterocycles. The van der Waals surface area contributed by atoms with Crippen LogP contribution in [0.25, 0.3) is 16.6 Å². The normalized spacial score (nSPS) is 18.2. The number of quaternary nitrogens is 1. The topological polar surface area (TPSA) is 89.8 Å². The number of piperidine rings is 1. The molecule has 2 aromatic heterocycles. The molecule has 8 heteroatoms. The Morgan fingerprint density at radius 2 is 1.90 bits per heavy atom. The molecule has 0 unspecified atom stereocenters. The first-order chi connectivity index (χ1) is 14.6. The van der Waals surface area contributed by atoms with E-state index in [1.54, 1.807) is 12.3 Å². The van der Waals surface area contributed by atoms with Gasteiger partial charge in [-0.25, -0.2) is 9.78 Å². The van der Waals surface area contributed by atoms with Gasteiger partial charge in [-0.1, -0.05) is 11.6 Å². The van der Waals surface area contributed by atoms with E-state index in [9.17, 15) is 4.79 Å². The quantitative estimate of drug-likeness (QED) is 0.567. The Hall–Kier alpha value is -2.51. The Morgan fingerprint density at radius 3 is 2.63 bits per heavy atom. The Labute approximate surface area is 181 Å². The number of halogens is 1. The minimum absolute atomic E-state index is 0.221. The van der Waals surface area contributed by atoms with Crippen LogP contribution in [0, 0.1) is 11.3 Å². The fourth-order valence-corrected chi connectivity index (χ4v) is 4.38. The molecule has 0 aliphatic carbocycles. The number of hydrogen-bond donors (Lipinski definition) is 2. The minimum atomic E-state index is 0.221. The number of pyridine rings is 2. The second-order valence-corrected chi connectivity index (χ2v) is 8.43. The van der Waals surface area contributed by atoms with Gasteiger partial charge in [-0.05, 0) is 43.9 Å². The van der Waals surface area contributed by atoms with Crippen molar-refractivity contribution in [2.24, 2.45) is 5.92 Å². The standard InChI is InChI=1S/C22H27ClN6O/c23-21-4-3-19-20(27-21)11-17(15-26-19)18(12-24)14-25-13-16-5-9-29(10-6-16)22(30)28-7-1-2-8-28/h3-4,11-12,14-16,24-25H,1-2,5-10,13H2/p+1/b18-14+,24-12?. The lowest BCUT2D eigenvalue weighted by molar-refractivity contribution is -0.594. The van der Waals surface area contributed by atoms with Crippen molar-refractivity contribution >= 4 is 40.5 Å². The zero-order valence-electron chi connectivity index (χ0n) is 17.1. The first-order valence-electron chi connectivity index (χ1n) is 10.6. The second-order valence-electron chi connectivity index (χ2n) is 8.04. The molecule has 2 amide bonds. The number of nitrogens with one attached hydrogen (secondary N) is 1. The van der Waals surface area contributed by atoms with Gasteiger partial charge in [0.2, 0.25) is 0 Å². The average Bonchev–Trinajstić information content (AvgIpc) is 3.31. The van der Waals surface area contributed by atoms with Crippen molar-refractivity contribution in [3.8, 4) is 0 Å². The number of carbonyl (C=O) groups is 1. The maximum atomic E-state index is 12.5. The number of hydrogen-bond acceptors (Lipinski definition) is 4. The molecular weight excluding hydrogens is 400 g/mol. The van der Waals surface area contributed by atoms with E-state index in [1.807, 2.05) is 28.1 Å². The summed E-state index contributed by atoms with van der Waals surface area (Å²) in [4.78, 5) is 25.3. The van der Waals surface area contributed by atoms with E-state index in [2.05, 4.69) is 15.3 Å². The van der Waals surface area contributed by atoms with E-state index in [0.29, 0.717) is 11.1 Å². The van der Waals surface area contributed by atoms with Gasteiger partial charge in [0.15, 0.2) is 0 Å². The highest BCUT2D eigenvalue weighted by Gasteiger charge is 2.28. The molecule has 7 nitrogen and oxygen atoms in total. The molecule has 3 N–H and O–H groups in total. The third-order valence-electron chi connectivity index (χ3n) is 6.02. The van der Waals surface area contributed by atoms with Crippen LogP contribution in [0.1, 0.15) is 31.2 Å². The number of amides is 2. The molecule has 2 aromatic rings. The predicted molar refractivity (Wildman–Crippen MR) is 119 cm³/mol. The molecular formula is C22H28ClN6O+. The molecule has 0 atom stereocenters. The lowest BCUT2D eigenvalue weighted by Crippen LogP contribution is -2.80. The zero-order chi connectivity index (χ0) is 20.9. The smallest absolute Gasteiger partial charge is 0.319 e. The number of urea groups is 1. The number of aromatic nitrogens is 2. The van der Waals surface area contributed by atoms with Crippen molar-refractivity contribution in [1.82, 2.24) is 19.8 Å². The van der Waals surface area contributed by atoms with Gasteiger partial charge in [0, 0.05) is 50.1 Å². The maximum absolute atomic E-state index is 12.5. The molecule has 2 fully saturated rings. The summed E-state index contributed by atoms with van der Waals surface area (Å²) in [6.07, 6.45) is 9.44. The summed E-state index contributed by atoms with van der Waals surface area (Å²) in [5.41, 5.74) is 3.16. The average molecular weight is 428 g/mol. The predicted octanol–water partition coefficient (Wildman–Crippen LogP) is 2.76. The third kappa shape index (κ3) is 4.79. The lowest BCUT2D eigenvalue weighted by Gasteiger charge is -2.33. The van der Waals surface area contributed by atoms with E-state index < -0.39 is 0 Å². The molecule has 4 rings (SSSR count). The number of carbonyl (C=O) groups excluding carboxylic acids is 1. The fourth-order valence-electron chi connectivity index (χ4n) is 4.22. The number of likely N-dealkylation sites (tertiary alicyclic amines) is 2. The number of nitrogens with two attached hydrogens (primary N) is 1. The summed E-state index contributed by atoms with van der Waals surface area (Å²) in [5.74, 6) is 0.575. The highest BCUT2D eigenvalue weighted by molar-refractivity contribution is 6.29. The van der Waals surface area contributed by atoms with E-state index in [-0.39, 0.29) is 6.03 Å². The van der Waals surface area contributed by atoms with Crippen LogP contribution < -0.4 is 5.32 Å².